The van der Waals surface area contributed by atoms with Gasteiger partial charge >= 0.3 is 0 Å². The van der Waals surface area contributed by atoms with E-state index < -0.39 is 41.2 Å². The molecule has 17 nitrogen and oxygen atoms in total. The highest BCUT2D eigenvalue weighted by Gasteiger charge is 2.49. The molecule has 1 unspecified atom stereocenters. The summed E-state index contributed by atoms with van der Waals surface area (Å²) in [5.41, 5.74) is 3.53. The summed E-state index contributed by atoms with van der Waals surface area (Å²) in [5.74, 6) is -0.923. The minimum atomic E-state index is -1.04. The van der Waals surface area contributed by atoms with Crippen molar-refractivity contribution < 1.29 is 33.5 Å². The van der Waals surface area contributed by atoms with E-state index in [1.54, 1.807) is 18.5 Å². The molecule has 0 bridgehead atoms. The number of hydrogen-bond acceptors (Lipinski definition) is 12. The number of ether oxygens (including phenoxy) is 1. The summed E-state index contributed by atoms with van der Waals surface area (Å²) in [6.07, 6.45) is 5.94. The van der Waals surface area contributed by atoms with Crippen LogP contribution in [0.2, 0.25) is 10.0 Å². The smallest absolute Gasteiger partial charge is 0.262 e. The van der Waals surface area contributed by atoms with Crippen LogP contribution >= 0.6 is 23.2 Å². The molecular formula is C47H48Cl2N10O7. The van der Waals surface area contributed by atoms with Crippen molar-refractivity contribution in [2.24, 2.45) is 10.8 Å². The molecule has 66 heavy (non-hydrogen) atoms. The fraction of sp³-hybridized carbons (Fsp3) is 0.383. The minimum absolute atomic E-state index is 0.00656. The second kappa shape index (κ2) is 17.7. The fourth-order valence-electron chi connectivity index (χ4n) is 9.32. The first kappa shape index (κ1) is 44.6. The average molecular weight is 936 g/mol. The number of halogens is 2. The van der Waals surface area contributed by atoms with E-state index in [9.17, 15) is 28.8 Å². The molecule has 19 heteroatoms. The molecule has 4 N–H and O–H groups in total. The van der Waals surface area contributed by atoms with Crippen molar-refractivity contribution in [1.82, 2.24) is 40.6 Å². The van der Waals surface area contributed by atoms with Gasteiger partial charge in [-0.25, -0.2) is 4.98 Å². The third kappa shape index (κ3) is 8.88. The van der Waals surface area contributed by atoms with Gasteiger partial charge in [-0.05, 0) is 73.7 Å². The predicted octanol–water partition coefficient (Wildman–Crippen LogP) is 5.94. The second-order valence-electron chi connectivity index (χ2n) is 18.4. The first-order valence-corrected chi connectivity index (χ1v) is 22.6. The molecule has 2 aromatic carbocycles. The standard InChI is InChI=1S/C47H48Cl2N10O7/c1-26(41-33(48)20-50-21-34(41)49)66-29-6-8-35-32(17-29)42(56-55-35)27-4-10-37(52-19-27)58-24-47(25-58)13-15-57(23-47)40(62)18-46(2,3)22-53-38(60)12-14-51-28-5-7-30-31(16-28)45(65)59(44(30)64)36-9-11-39(61)54-43(36)63/h4-8,10,16-17,19-21,26,36,51H,9,11-15,18,22-25H2,1-3H3,(H,53,60)(H,55,56)(H,54,61,63)/t26-,36?/m1/s1. The molecule has 2 atom stereocenters. The van der Waals surface area contributed by atoms with Crippen molar-refractivity contribution in [3.63, 3.8) is 0 Å². The first-order chi connectivity index (χ1) is 31.6. The average Bonchev–Trinajstić information content (AvgIpc) is 3.97. The first-order valence-electron chi connectivity index (χ1n) is 21.9. The van der Waals surface area contributed by atoms with Crippen LogP contribution in [0.4, 0.5) is 11.5 Å². The summed E-state index contributed by atoms with van der Waals surface area (Å²) in [5, 5.41) is 17.7. The zero-order chi connectivity index (χ0) is 46.5. The van der Waals surface area contributed by atoms with Crippen molar-refractivity contribution in [3.8, 4) is 17.0 Å². The van der Waals surface area contributed by atoms with Gasteiger partial charge in [0.05, 0.1) is 26.7 Å². The summed E-state index contributed by atoms with van der Waals surface area (Å²) in [4.78, 5) is 90.4. The normalized spacial score (nSPS) is 18.4. The number of pyridine rings is 2. The number of rotatable bonds is 14. The van der Waals surface area contributed by atoms with Gasteiger partial charge in [-0.1, -0.05) is 37.0 Å². The Bertz CT molecular complexity index is 2770. The molecule has 6 amide bonds. The number of aromatic nitrogens is 4. The topological polar surface area (TPSA) is 212 Å². The summed E-state index contributed by atoms with van der Waals surface area (Å²) >= 11 is 12.7. The highest BCUT2D eigenvalue weighted by Crippen LogP contribution is 2.43. The van der Waals surface area contributed by atoms with Crippen LogP contribution in [0.5, 0.6) is 5.75 Å². The molecule has 0 radical (unpaired) electrons. The van der Waals surface area contributed by atoms with Gasteiger partial charge in [0.15, 0.2) is 0 Å². The predicted molar refractivity (Wildman–Crippen MR) is 246 cm³/mol. The Balaban J connectivity index is 0.715. The lowest BCUT2D eigenvalue weighted by molar-refractivity contribution is -0.136. The van der Waals surface area contributed by atoms with E-state index in [4.69, 9.17) is 32.9 Å². The van der Waals surface area contributed by atoms with Gasteiger partial charge in [0.2, 0.25) is 23.6 Å². The van der Waals surface area contributed by atoms with E-state index in [1.165, 1.54) is 12.1 Å². The quantitative estimate of drug-likeness (QED) is 0.0954. The molecule has 342 valence electrons. The van der Waals surface area contributed by atoms with Crippen molar-refractivity contribution in [2.45, 2.75) is 65.0 Å². The number of nitrogens with one attached hydrogen (secondary N) is 4. The molecule has 1 spiro atoms. The molecule has 0 saturated carbocycles. The third-order valence-electron chi connectivity index (χ3n) is 12.8. The third-order valence-corrected chi connectivity index (χ3v) is 13.5. The highest BCUT2D eigenvalue weighted by molar-refractivity contribution is 6.35. The van der Waals surface area contributed by atoms with Crippen LogP contribution in [0.25, 0.3) is 22.2 Å². The Morgan fingerprint density at radius 3 is 2.48 bits per heavy atom. The second-order valence-corrected chi connectivity index (χ2v) is 19.2. The number of anilines is 2. The molecule has 5 aromatic rings. The molecule has 3 fully saturated rings. The molecule has 0 aliphatic carbocycles. The summed E-state index contributed by atoms with van der Waals surface area (Å²) in [6, 6.07) is 13.4. The lowest BCUT2D eigenvalue weighted by Crippen LogP contribution is -2.58. The number of fused-ring (bicyclic) bond motifs is 2. The molecule has 9 rings (SSSR count). The monoisotopic (exact) mass is 934 g/mol. The van der Waals surface area contributed by atoms with Crippen molar-refractivity contribution >= 4 is 81.1 Å². The van der Waals surface area contributed by atoms with Gasteiger partial charge < -0.3 is 25.2 Å². The molecule has 4 aliphatic heterocycles. The van der Waals surface area contributed by atoms with Crippen LogP contribution < -0.4 is 25.6 Å². The van der Waals surface area contributed by atoms with Gasteiger partial charge in [-0.3, -0.25) is 49.1 Å². The summed E-state index contributed by atoms with van der Waals surface area (Å²) in [7, 11) is 0. The van der Waals surface area contributed by atoms with Gasteiger partial charge in [0.25, 0.3) is 11.8 Å². The van der Waals surface area contributed by atoms with Crippen molar-refractivity contribution in [3.05, 3.63) is 93.9 Å². The number of piperidine rings is 1. The number of carbonyl (C=O) groups excluding carboxylic acids is 6. The molecule has 3 aromatic heterocycles. The van der Waals surface area contributed by atoms with Gasteiger partial charge in [-0.15, -0.1) is 0 Å². The molecule has 3 saturated heterocycles. The van der Waals surface area contributed by atoms with E-state index in [0.29, 0.717) is 46.7 Å². The maximum Gasteiger partial charge on any atom is 0.262 e. The number of nitrogens with zero attached hydrogens (tertiary/aromatic N) is 6. The minimum Gasteiger partial charge on any atom is -0.486 e. The number of amides is 6. The lowest BCUT2D eigenvalue weighted by Gasteiger charge is -2.48. The number of carbonyl (C=O) groups is 6. The Morgan fingerprint density at radius 2 is 1.74 bits per heavy atom. The zero-order valence-electron chi connectivity index (χ0n) is 36.6. The van der Waals surface area contributed by atoms with E-state index in [0.717, 1.165) is 52.4 Å². The number of benzene rings is 2. The maximum atomic E-state index is 13.6. The Labute approximate surface area is 389 Å². The van der Waals surface area contributed by atoms with Crippen LogP contribution in [0.1, 0.15) is 85.3 Å². The highest BCUT2D eigenvalue weighted by atomic mass is 35.5. The van der Waals surface area contributed by atoms with Crippen LogP contribution in [-0.4, -0.2) is 111 Å². The number of imide groups is 2. The SMILES string of the molecule is C[C@@H](Oc1ccc2[nH]nc(-c3ccc(N4CC5(CCN(C(=O)CC(C)(C)CNC(=O)CCNc6ccc7c(c6)C(=O)N(C6CCC(=O)NC6=O)C7=O)C5)C4)nc3)c2c1)c1c(Cl)cncc1Cl. The Hall–Kier alpha value is -6.59. The van der Waals surface area contributed by atoms with Crippen LogP contribution in [0.3, 0.4) is 0 Å². The zero-order valence-corrected chi connectivity index (χ0v) is 38.1. The number of aromatic amines is 1. The number of hydrogen-bond donors (Lipinski definition) is 4. The van der Waals surface area contributed by atoms with Crippen molar-refractivity contribution in [1.29, 1.82) is 0 Å². The van der Waals surface area contributed by atoms with E-state index in [1.807, 2.05) is 62.2 Å². The van der Waals surface area contributed by atoms with Crippen LogP contribution in [0, 0.1) is 10.8 Å². The van der Waals surface area contributed by atoms with Crippen LogP contribution in [-0.2, 0) is 19.2 Å². The number of H-pyrrole nitrogens is 1. The molecular weight excluding hydrogens is 887 g/mol. The summed E-state index contributed by atoms with van der Waals surface area (Å²) in [6.45, 7) is 9.34. The van der Waals surface area contributed by atoms with E-state index in [-0.39, 0.29) is 60.6 Å². The fourth-order valence-corrected chi connectivity index (χ4v) is 9.99. The summed E-state index contributed by atoms with van der Waals surface area (Å²) < 4.78 is 6.24. The van der Waals surface area contributed by atoms with Crippen LogP contribution in [0.15, 0.2) is 67.1 Å². The number of likely N-dealkylation sites (tertiary alicyclic amines) is 1. The largest absolute Gasteiger partial charge is 0.486 e. The van der Waals surface area contributed by atoms with Gasteiger partial charge in [0.1, 0.15) is 29.4 Å². The van der Waals surface area contributed by atoms with Gasteiger partial charge in [-0.2, -0.15) is 5.10 Å². The Morgan fingerprint density at radius 1 is 0.970 bits per heavy atom. The van der Waals surface area contributed by atoms with E-state index >= 15 is 0 Å². The molecule has 4 aliphatic rings. The molecule has 7 heterocycles. The maximum absolute atomic E-state index is 13.6. The van der Waals surface area contributed by atoms with Crippen molar-refractivity contribution in [2.75, 3.05) is 49.5 Å². The van der Waals surface area contributed by atoms with E-state index in [2.05, 4.69) is 36.0 Å². The van der Waals surface area contributed by atoms with Gasteiger partial charge in [0, 0.05) is 105 Å². The lowest BCUT2D eigenvalue weighted by atomic mass is 9.79. The Kier molecular flexibility index (Phi) is 11.9.